The van der Waals surface area contributed by atoms with E-state index >= 15 is 0 Å². The lowest BCUT2D eigenvalue weighted by atomic mass is 9.95. The summed E-state index contributed by atoms with van der Waals surface area (Å²) in [6.45, 7) is 10.4. The van der Waals surface area contributed by atoms with Crippen molar-refractivity contribution in [3.63, 3.8) is 0 Å². The zero-order valence-corrected chi connectivity index (χ0v) is 33.5. The first-order valence-corrected chi connectivity index (χ1v) is 18.8. The molecule has 15 heteroatoms. The van der Waals surface area contributed by atoms with Gasteiger partial charge in [-0.15, -0.1) is 5.10 Å². The van der Waals surface area contributed by atoms with Gasteiger partial charge < -0.3 is 23.8 Å². The Kier molecular flexibility index (Phi) is 14.0. The molecule has 4 aromatic rings. The topological polar surface area (TPSA) is 146 Å². The van der Waals surface area contributed by atoms with Crippen molar-refractivity contribution in [2.24, 2.45) is 0 Å². The van der Waals surface area contributed by atoms with Gasteiger partial charge in [0.2, 0.25) is 6.10 Å². The Morgan fingerprint density at radius 3 is 2.17 bits per heavy atom. The third kappa shape index (κ3) is 10.3. The van der Waals surface area contributed by atoms with Crippen LogP contribution in [0.1, 0.15) is 64.1 Å². The molecule has 12 nitrogen and oxygen atoms in total. The first-order chi connectivity index (χ1) is 25.6. The van der Waals surface area contributed by atoms with Gasteiger partial charge in [-0.05, 0) is 55.8 Å². The Balaban J connectivity index is 0.000000268. The van der Waals surface area contributed by atoms with Gasteiger partial charge in [-0.25, -0.2) is 9.78 Å². The fraction of sp³-hybridized carbons (Fsp3) is 0.385. The van der Waals surface area contributed by atoms with Crippen LogP contribution in [0.4, 0.5) is 4.79 Å². The number of alkyl halides is 2. The Morgan fingerprint density at radius 1 is 0.963 bits per heavy atom. The molecule has 286 valence electrons. The van der Waals surface area contributed by atoms with Gasteiger partial charge >= 0.3 is 18.0 Å². The fourth-order valence-electron chi connectivity index (χ4n) is 5.04. The smallest absolute Gasteiger partial charge is 0.346 e. The van der Waals surface area contributed by atoms with Crippen LogP contribution in [0, 0.1) is 11.3 Å². The van der Waals surface area contributed by atoms with Gasteiger partial charge in [0.25, 0.3) is 0 Å². The zero-order valence-electron chi connectivity index (χ0n) is 31.2. The number of thioether (sulfide) groups is 1. The molecule has 54 heavy (non-hydrogen) atoms. The van der Waals surface area contributed by atoms with Crippen LogP contribution in [-0.4, -0.2) is 75.0 Å². The molecule has 1 aliphatic carbocycles. The molecule has 0 saturated heterocycles. The number of amides is 1. The van der Waals surface area contributed by atoms with Gasteiger partial charge in [0, 0.05) is 31.5 Å². The largest absolute Gasteiger partial charge is 0.494 e. The Morgan fingerprint density at radius 2 is 1.61 bits per heavy atom. The first-order valence-electron chi connectivity index (χ1n) is 17.1. The SMILES string of the molecule is CCOC(=O)CSc1nc(C(C)(C)C)nn1C(=O)N(C)C.CCOc1ccc(C2(C(=O)OC(C#N)c3cccc(Oc4ccccc4)c3)CC2(Cl)Cl)cc1. The number of nitriles is 1. The summed E-state index contributed by atoms with van der Waals surface area (Å²) in [4.78, 5) is 42.6. The maximum Gasteiger partial charge on any atom is 0.346 e. The number of aromatic nitrogens is 3. The van der Waals surface area contributed by atoms with Crippen LogP contribution < -0.4 is 9.47 Å². The van der Waals surface area contributed by atoms with Crippen LogP contribution in [0.5, 0.6) is 17.2 Å². The van der Waals surface area contributed by atoms with Crippen LogP contribution in [0.15, 0.2) is 84.0 Å². The van der Waals surface area contributed by atoms with Gasteiger partial charge in [-0.3, -0.25) is 9.59 Å². The molecular weight excluding hydrogens is 753 g/mol. The van der Waals surface area contributed by atoms with E-state index in [4.69, 9.17) is 42.1 Å². The Labute approximate surface area is 329 Å². The summed E-state index contributed by atoms with van der Waals surface area (Å²) >= 11 is 14.0. The van der Waals surface area contributed by atoms with E-state index in [1.54, 1.807) is 69.6 Å². The molecule has 0 radical (unpaired) electrons. The molecule has 1 aliphatic rings. The van der Waals surface area contributed by atoms with Gasteiger partial charge in [-0.1, -0.05) is 98.2 Å². The van der Waals surface area contributed by atoms with E-state index in [2.05, 4.69) is 10.1 Å². The van der Waals surface area contributed by atoms with Crippen LogP contribution in [0.25, 0.3) is 0 Å². The molecule has 0 N–H and O–H groups in total. The zero-order chi connectivity index (χ0) is 39.7. The highest BCUT2D eigenvalue weighted by molar-refractivity contribution is 7.99. The summed E-state index contributed by atoms with van der Waals surface area (Å²) < 4.78 is 21.7. The van der Waals surface area contributed by atoms with E-state index in [9.17, 15) is 19.6 Å². The van der Waals surface area contributed by atoms with Gasteiger partial charge in [0.1, 0.15) is 33.1 Å². The summed E-state index contributed by atoms with van der Waals surface area (Å²) in [5, 5.41) is 14.4. The molecule has 2 atom stereocenters. The molecular formula is C39H43Cl2N5O7S. The van der Waals surface area contributed by atoms with Crippen LogP contribution in [0.3, 0.4) is 0 Å². The minimum atomic E-state index is -1.32. The predicted molar refractivity (Wildman–Crippen MR) is 206 cm³/mol. The number of hydrogen-bond acceptors (Lipinski definition) is 11. The summed E-state index contributed by atoms with van der Waals surface area (Å²) in [5.74, 6) is 1.50. The maximum atomic E-state index is 13.3. The van der Waals surface area contributed by atoms with E-state index < -0.39 is 21.8 Å². The average molecular weight is 797 g/mol. The molecule has 1 heterocycles. The summed E-state index contributed by atoms with van der Waals surface area (Å²) in [5.41, 5.74) is -0.444. The second-order valence-electron chi connectivity index (χ2n) is 13.3. The maximum absolute atomic E-state index is 13.3. The lowest BCUT2D eigenvalue weighted by Crippen LogP contribution is -2.30. The molecule has 2 unspecified atom stereocenters. The Hall–Kier alpha value is -4.77. The van der Waals surface area contributed by atoms with Crippen molar-refractivity contribution in [2.45, 2.75) is 67.5 Å². The molecule has 1 saturated carbocycles. The number of carbonyl (C=O) groups is 3. The number of carbonyl (C=O) groups excluding carboxylic acids is 3. The molecule has 1 fully saturated rings. The molecule has 1 amide bonds. The molecule has 3 aromatic carbocycles. The monoisotopic (exact) mass is 795 g/mol. The fourth-order valence-corrected chi connectivity index (χ4v) is 6.53. The summed E-state index contributed by atoms with van der Waals surface area (Å²) in [6.07, 6.45) is -0.966. The van der Waals surface area contributed by atoms with Crippen molar-refractivity contribution in [3.05, 3.63) is 95.8 Å². The number of rotatable bonds is 12. The van der Waals surface area contributed by atoms with Crippen molar-refractivity contribution in [2.75, 3.05) is 33.1 Å². The third-order valence-corrected chi connectivity index (χ3v) is 9.73. The van der Waals surface area contributed by atoms with Gasteiger partial charge in [-0.2, -0.15) is 9.94 Å². The second-order valence-corrected chi connectivity index (χ2v) is 15.7. The van der Waals surface area contributed by atoms with Crippen LogP contribution in [-0.2, 0) is 29.9 Å². The molecule has 5 rings (SSSR count). The van der Waals surface area contributed by atoms with E-state index in [-0.39, 0.29) is 29.6 Å². The number of nitrogens with zero attached hydrogens (tertiary/aromatic N) is 5. The standard InChI is InChI=1S/C26H21Cl2NO4.C13H22N4O3S/c1-2-31-20-13-11-19(12-14-20)25(17-26(25,27)28)24(30)33-23(16-29)18-7-6-10-22(15-18)32-21-8-4-3-5-9-21;1-7-20-9(18)8-21-11-14-10(13(2,3)4)15-17(11)12(19)16(5)6/h3-15,23H,2,17H2,1H3;7-8H2,1-6H3. The quantitative estimate of drug-likeness (QED) is 0.0776. The van der Waals surface area contributed by atoms with E-state index in [1.165, 1.54) is 9.58 Å². The van der Waals surface area contributed by atoms with E-state index in [0.717, 1.165) is 11.8 Å². The summed E-state index contributed by atoms with van der Waals surface area (Å²) in [7, 11) is 3.28. The predicted octanol–water partition coefficient (Wildman–Crippen LogP) is 8.26. The normalized spacial score (nSPS) is 16.1. The molecule has 0 bridgehead atoms. The number of para-hydroxylation sites is 1. The number of halogens is 2. The van der Waals surface area contributed by atoms with Gasteiger partial charge in [0.05, 0.1) is 19.0 Å². The van der Waals surface area contributed by atoms with Crippen LogP contribution in [0.2, 0.25) is 0 Å². The minimum absolute atomic E-state index is 0.0941. The second kappa shape index (κ2) is 18.0. The average Bonchev–Trinajstić information content (AvgIpc) is 3.48. The van der Waals surface area contributed by atoms with Crippen molar-refractivity contribution in [1.29, 1.82) is 5.26 Å². The summed E-state index contributed by atoms with van der Waals surface area (Å²) in [6, 6.07) is 24.8. The molecule has 1 aromatic heterocycles. The van der Waals surface area contributed by atoms with Gasteiger partial charge in [0.15, 0.2) is 11.0 Å². The third-order valence-electron chi connectivity index (χ3n) is 7.91. The molecule has 0 aliphatic heterocycles. The van der Waals surface area contributed by atoms with E-state index in [0.29, 0.717) is 52.6 Å². The lowest BCUT2D eigenvalue weighted by molar-refractivity contribution is -0.150. The Bertz CT molecular complexity index is 1960. The molecule has 0 spiro atoms. The number of esters is 2. The number of ether oxygens (including phenoxy) is 4. The first kappa shape index (κ1) is 42.0. The highest BCUT2D eigenvalue weighted by atomic mass is 35.5. The van der Waals surface area contributed by atoms with E-state index in [1.807, 2.05) is 64.1 Å². The minimum Gasteiger partial charge on any atom is -0.494 e. The number of benzene rings is 3. The van der Waals surface area contributed by atoms with Crippen molar-refractivity contribution in [3.8, 4) is 23.3 Å². The van der Waals surface area contributed by atoms with Crippen molar-refractivity contribution < 1.29 is 33.3 Å². The lowest BCUT2D eigenvalue weighted by Gasteiger charge is -2.20. The highest BCUT2D eigenvalue weighted by Gasteiger charge is 2.73. The van der Waals surface area contributed by atoms with Crippen molar-refractivity contribution >= 4 is 52.9 Å². The van der Waals surface area contributed by atoms with Crippen LogP contribution >= 0.6 is 35.0 Å². The number of hydrogen-bond donors (Lipinski definition) is 0. The highest BCUT2D eigenvalue weighted by Crippen LogP contribution is 2.65. The van der Waals surface area contributed by atoms with Crippen molar-refractivity contribution in [1.82, 2.24) is 19.7 Å².